The monoisotopic (exact) mass is 494 g/mol. The van der Waals surface area contributed by atoms with E-state index in [0.717, 1.165) is 17.7 Å². The van der Waals surface area contributed by atoms with Crippen LogP contribution >= 0.6 is 11.3 Å². The van der Waals surface area contributed by atoms with Gasteiger partial charge in [0.05, 0.1) is 11.6 Å². The summed E-state index contributed by atoms with van der Waals surface area (Å²) < 4.78 is 20.3. The number of amides is 2. The number of halogens is 1. The van der Waals surface area contributed by atoms with E-state index in [2.05, 4.69) is 32.0 Å². The van der Waals surface area contributed by atoms with E-state index in [1.807, 2.05) is 17.5 Å². The van der Waals surface area contributed by atoms with Crippen LogP contribution in [-0.4, -0.2) is 47.9 Å². The Balaban J connectivity index is 1.49. The Morgan fingerprint density at radius 1 is 1.14 bits per heavy atom. The fraction of sp³-hybridized carbons (Fsp3) is 0.357. The molecule has 184 valence electrons. The summed E-state index contributed by atoms with van der Waals surface area (Å²) >= 11 is 1.69. The number of benzene rings is 2. The van der Waals surface area contributed by atoms with Gasteiger partial charge in [0.2, 0.25) is 5.91 Å². The number of hydrogen-bond donors (Lipinski definition) is 0. The van der Waals surface area contributed by atoms with E-state index < -0.39 is 11.7 Å². The molecule has 0 fully saturated rings. The lowest BCUT2D eigenvalue weighted by molar-refractivity contribution is -0.135. The predicted octanol–water partition coefficient (Wildman–Crippen LogP) is 5.68. The van der Waals surface area contributed by atoms with Gasteiger partial charge < -0.3 is 14.5 Å². The lowest BCUT2D eigenvalue weighted by atomic mass is 10.00. The van der Waals surface area contributed by atoms with Gasteiger partial charge in [0.25, 0.3) is 5.91 Å². The molecule has 0 spiro atoms. The number of carbonyl (C=O) groups is 2. The van der Waals surface area contributed by atoms with Gasteiger partial charge in [-0.05, 0) is 66.1 Å². The highest BCUT2D eigenvalue weighted by atomic mass is 32.1. The molecule has 2 aromatic carbocycles. The Bertz CT molecular complexity index is 1170. The van der Waals surface area contributed by atoms with Gasteiger partial charge >= 0.3 is 0 Å². The topological polar surface area (TPSA) is 49.9 Å². The van der Waals surface area contributed by atoms with Crippen LogP contribution in [0.4, 0.5) is 4.39 Å². The van der Waals surface area contributed by atoms with Crippen LogP contribution in [0.1, 0.15) is 59.1 Å². The van der Waals surface area contributed by atoms with Crippen molar-refractivity contribution >= 4 is 23.2 Å². The van der Waals surface area contributed by atoms with Crippen LogP contribution in [0.2, 0.25) is 0 Å². The van der Waals surface area contributed by atoms with Crippen molar-refractivity contribution in [1.29, 1.82) is 0 Å². The molecule has 0 bridgehead atoms. The molecule has 35 heavy (non-hydrogen) atoms. The third-order valence-corrected chi connectivity index (χ3v) is 7.47. The van der Waals surface area contributed by atoms with Gasteiger partial charge in [-0.2, -0.15) is 0 Å². The minimum atomic E-state index is -0.584. The maximum Gasteiger partial charge on any atom is 0.257 e. The van der Waals surface area contributed by atoms with E-state index in [-0.39, 0.29) is 24.1 Å². The SMILES string of the molecule is CCN(CC(=O)N1CCc2sccc2[C@H]1COc1ccc(C(C)C)cc1)C(=O)c1ccccc1F. The Morgan fingerprint density at radius 3 is 2.57 bits per heavy atom. The Labute approximate surface area is 210 Å². The van der Waals surface area contributed by atoms with E-state index in [0.29, 0.717) is 25.6 Å². The van der Waals surface area contributed by atoms with Gasteiger partial charge in [-0.1, -0.05) is 38.1 Å². The van der Waals surface area contributed by atoms with Crippen LogP contribution in [0.3, 0.4) is 0 Å². The van der Waals surface area contributed by atoms with Crippen molar-refractivity contribution in [2.24, 2.45) is 0 Å². The van der Waals surface area contributed by atoms with Gasteiger partial charge in [0.1, 0.15) is 24.7 Å². The summed E-state index contributed by atoms with van der Waals surface area (Å²) in [6.45, 7) is 7.16. The molecule has 0 aliphatic carbocycles. The second kappa shape index (κ2) is 11.0. The number of fused-ring (bicyclic) bond motifs is 1. The number of hydrogen-bond acceptors (Lipinski definition) is 4. The van der Waals surface area contributed by atoms with Crippen molar-refractivity contribution in [3.8, 4) is 5.75 Å². The Morgan fingerprint density at radius 2 is 1.89 bits per heavy atom. The second-order valence-corrected chi connectivity index (χ2v) is 9.99. The van der Waals surface area contributed by atoms with Crippen LogP contribution in [0.5, 0.6) is 5.75 Å². The molecule has 0 radical (unpaired) electrons. The third kappa shape index (κ3) is 5.56. The van der Waals surface area contributed by atoms with Crippen LogP contribution < -0.4 is 4.74 Å². The summed E-state index contributed by atoms with van der Waals surface area (Å²) in [5.41, 5.74) is 2.31. The van der Waals surface area contributed by atoms with E-state index in [1.165, 1.54) is 27.5 Å². The van der Waals surface area contributed by atoms with Crippen LogP contribution in [-0.2, 0) is 11.2 Å². The first-order valence-corrected chi connectivity index (χ1v) is 12.9. The zero-order chi connectivity index (χ0) is 24.9. The van der Waals surface area contributed by atoms with Crippen LogP contribution in [0.15, 0.2) is 60.0 Å². The lowest BCUT2D eigenvalue weighted by Crippen LogP contribution is -2.47. The maximum atomic E-state index is 14.2. The first-order valence-electron chi connectivity index (χ1n) is 12.0. The molecule has 0 unspecified atom stereocenters. The predicted molar refractivity (Wildman–Crippen MR) is 136 cm³/mol. The summed E-state index contributed by atoms with van der Waals surface area (Å²) in [7, 11) is 0. The fourth-order valence-electron chi connectivity index (χ4n) is 4.39. The average molecular weight is 495 g/mol. The Hall–Kier alpha value is -3.19. The summed E-state index contributed by atoms with van der Waals surface area (Å²) in [5.74, 6) is -0.0343. The van der Waals surface area contributed by atoms with Crippen molar-refractivity contribution in [3.63, 3.8) is 0 Å². The number of ether oxygens (including phenoxy) is 1. The largest absolute Gasteiger partial charge is 0.491 e. The zero-order valence-electron chi connectivity index (χ0n) is 20.4. The molecule has 1 atom stereocenters. The zero-order valence-corrected chi connectivity index (χ0v) is 21.2. The number of likely N-dealkylation sites (N-methyl/N-ethyl adjacent to an activating group) is 1. The van der Waals surface area contributed by atoms with E-state index in [4.69, 9.17) is 4.74 Å². The van der Waals surface area contributed by atoms with Crippen LogP contribution in [0.25, 0.3) is 0 Å². The second-order valence-electron chi connectivity index (χ2n) is 8.99. The Kier molecular flexibility index (Phi) is 7.86. The summed E-state index contributed by atoms with van der Waals surface area (Å²) in [6.07, 6.45) is 0.770. The van der Waals surface area contributed by atoms with Crippen molar-refractivity contribution < 1.29 is 18.7 Å². The standard InChI is InChI=1S/C28H31FN2O3S/c1-4-30(28(33)22-7-5-6-8-24(22)29)17-27(32)31-15-13-26-23(14-16-35-26)25(31)18-34-21-11-9-20(10-12-21)19(2)3/h5-12,14,16,19,25H,4,13,15,17-18H2,1-3H3/t25-/m1/s1. The summed E-state index contributed by atoms with van der Waals surface area (Å²) in [4.78, 5) is 30.8. The fourth-order valence-corrected chi connectivity index (χ4v) is 5.31. The highest BCUT2D eigenvalue weighted by Crippen LogP contribution is 2.34. The van der Waals surface area contributed by atoms with Gasteiger partial charge in [-0.15, -0.1) is 11.3 Å². The smallest absolute Gasteiger partial charge is 0.257 e. The van der Waals surface area contributed by atoms with Gasteiger partial charge in [-0.3, -0.25) is 9.59 Å². The molecule has 1 aliphatic heterocycles. The molecule has 0 N–H and O–H groups in total. The van der Waals surface area contributed by atoms with Gasteiger partial charge in [-0.25, -0.2) is 4.39 Å². The molecular formula is C28H31FN2O3S. The molecule has 3 aromatic rings. The molecule has 1 aliphatic rings. The normalized spacial score (nSPS) is 15.1. The molecule has 0 saturated carbocycles. The molecular weight excluding hydrogens is 463 g/mol. The van der Waals surface area contributed by atoms with Crippen molar-refractivity contribution in [3.05, 3.63) is 87.4 Å². The number of rotatable bonds is 8. The number of thiophene rings is 1. The van der Waals surface area contributed by atoms with E-state index in [9.17, 15) is 14.0 Å². The molecule has 1 aromatic heterocycles. The maximum absolute atomic E-state index is 14.2. The highest BCUT2D eigenvalue weighted by Gasteiger charge is 2.33. The van der Waals surface area contributed by atoms with E-state index in [1.54, 1.807) is 35.3 Å². The van der Waals surface area contributed by atoms with E-state index >= 15 is 0 Å². The quantitative estimate of drug-likeness (QED) is 0.405. The minimum absolute atomic E-state index is 0.0226. The molecule has 2 heterocycles. The number of carbonyl (C=O) groups excluding carboxylic acids is 2. The molecule has 5 nitrogen and oxygen atoms in total. The van der Waals surface area contributed by atoms with Gasteiger partial charge in [0.15, 0.2) is 0 Å². The molecule has 4 rings (SSSR count). The van der Waals surface area contributed by atoms with Crippen molar-refractivity contribution in [2.45, 2.75) is 39.2 Å². The third-order valence-electron chi connectivity index (χ3n) is 6.47. The average Bonchev–Trinajstić information content (AvgIpc) is 3.35. The first kappa shape index (κ1) is 24.9. The number of nitrogens with zero attached hydrogens (tertiary/aromatic N) is 2. The minimum Gasteiger partial charge on any atom is -0.491 e. The van der Waals surface area contributed by atoms with Gasteiger partial charge in [0, 0.05) is 18.0 Å². The lowest BCUT2D eigenvalue weighted by Gasteiger charge is -2.37. The summed E-state index contributed by atoms with van der Waals surface area (Å²) in [6, 6.07) is 15.7. The van der Waals surface area contributed by atoms with Crippen molar-refractivity contribution in [2.75, 3.05) is 26.2 Å². The molecule has 0 saturated heterocycles. The van der Waals surface area contributed by atoms with Crippen LogP contribution in [0, 0.1) is 5.82 Å². The molecule has 7 heteroatoms. The van der Waals surface area contributed by atoms with Crippen molar-refractivity contribution in [1.82, 2.24) is 9.80 Å². The summed E-state index contributed by atoms with van der Waals surface area (Å²) in [5, 5.41) is 2.04. The molecule has 2 amide bonds. The highest BCUT2D eigenvalue weighted by molar-refractivity contribution is 7.10. The first-order chi connectivity index (χ1) is 16.9.